The Balaban J connectivity index is 0.00000169. The molecule has 0 saturated heterocycles. The summed E-state index contributed by atoms with van der Waals surface area (Å²) in [7, 11) is 0. The Kier molecular flexibility index (Phi) is 6.21. The van der Waals surface area contributed by atoms with E-state index >= 15 is 0 Å². The fourth-order valence-corrected chi connectivity index (χ4v) is 1.92. The molecule has 0 atom stereocenters. The van der Waals surface area contributed by atoms with Crippen molar-refractivity contribution in [3.8, 4) is 0 Å². The van der Waals surface area contributed by atoms with Gasteiger partial charge in [0, 0.05) is 0 Å². The summed E-state index contributed by atoms with van der Waals surface area (Å²) in [5, 5.41) is 1.07. The molecule has 0 aliphatic rings. The summed E-state index contributed by atoms with van der Waals surface area (Å²) in [6, 6.07) is 5.40. The summed E-state index contributed by atoms with van der Waals surface area (Å²) in [6.07, 6.45) is -3.32. The van der Waals surface area contributed by atoms with E-state index in [4.69, 9.17) is 0 Å². The minimum atomic E-state index is -4.21. The van der Waals surface area contributed by atoms with Crippen LogP contribution < -0.4 is 24.0 Å². The largest absolute Gasteiger partial charge is 1.00 e. The Morgan fingerprint density at radius 2 is 1.57 bits per heavy atom. The van der Waals surface area contributed by atoms with Crippen LogP contribution in [0.3, 0.4) is 0 Å². The van der Waals surface area contributed by atoms with Crippen LogP contribution in [0.4, 0.5) is 13.2 Å². The van der Waals surface area contributed by atoms with Crippen molar-refractivity contribution < 1.29 is 55.5 Å². The van der Waals surface area contributed by atoms with Gasteiger partial charge in [0.25, 0.3) is 0 Å². The van der Waals surface area contributed by atoms with Gasteiger partial charge in [-0.25, -0.2) is 0 Å². The smallest absolute Gasteiger partial charge is 1.00 e. The van der Waals surface area contributed by atoms with Crippen molar-refractivity contribution in [2.75, 3.05) is 0 Å². The molecule has 74 valence electrons. The van der Waals surface area contributed by atoms with Gasteiger partial charge in [-0.2, -0.15) is 0 Å². The van der Waals surface area contributed by atoms with Crippen LogP contribution in [0.15, 0.2) is 24.3 Å². The monoisotopic (exact) mass is 364 g/mol. The summed E-state index contributed by atoms with van der Waals surface area (Å²) in [4.78, 5) is 0. The minimum Gasteiger partial charge on any atom is -1.00 e. The third kappa shape index (κ3) is 4.26. The molecular formula is C9H8F3IZn. The van der Waals surface area contributed by atoms with Crippen molar-refractivity contribution in [2.24, 2.45) is 0 Å². The van der Waals surface area contributed by atoms with Crippen LogP contribution in [-0.4, -0.2) is 0 Å². The van der Waals surface area contributed by atoms with E-state index in [9.17, 15) is 13.2 Å². The van der Waals surface area contributed by atoms with Gasteiger partial charge in [-0.1, -0.05) is 0 Å². The van der Waals surface area contributed by atoms with Crippen molar-refractivity contribution in [3.05, 3.63) is 35.4 Å². The fourth-order valence-electron chi connectivity index (χ4n) is 1.06. The first kappa shape index (κ1) is 14.4. The van der Waals surface area contributed by atoms with Crippen LogP contribution >= 0.6 is 0 Å². The molecule has 0 saturated carbocycles. The number of alkyl halides is 3. The summed E-state index contributed by atoms with van der Waals surface area (Å²) in [6.45, 7) is 0. The molecule has 0 aliphatic carbocycles. The number of aryl methyl sites for hydroxylation is 1. The van der Waals surface area contributed by atoms with Crippen molar-refractivity contribution in [1.82, 2.24) is 0 Å². The van der Waals surface area contributed by atoms with Crippen LogP contribution in [0.1, 0.15) is 11.1 Å². The predicted octanol–water partition coefficient (Wildman–Crippen LogP) is 0.217. The van der Waals surface area contributed by atoms with Gasteiger partial charge in [0.15, 0.2) is 0 Å². The maximum atomic E-state index is 12.1. The molecule has 1 rings (SSSR count). The number of halogens is 4. The molecule has 0 spiro atoms. The van der Waals surface area contributed by atoms with Gasteiger partial charge in [-0.05, 0) is 0 Å². The number of rotatable bonds is 2. The van der Waals surface area contributed by atoms with Gasteiger partial charge < -0.3 is 24.0 Å². The second-order valence-electron chi connectivity index (χ2n) is 2.80. The Morgan fingerprint density at radius 3 is 1.93 bits per heavy atom. The van der Waals surface area contributed by atoms with E-state index in [-0.39, 0.29) is 24.0 Å². The molecule has 0 N–H and O–H groups in total. The predicted molar refractivity (Wildman–Crippen MR) is 40.0 cm³/mol. The van der Waals surface area contributed by atoms with E-state index in [1.807, 2.05) is 0 Å². The molecule has 0 bridgehead atoms. The van der Waals surface area contributed by atoms with Crippen LogP contribution in [0, 0.1) is 0 Å². The van der Waals surface area contributed by atoms with E-state index < -0.39 is 11.7 Å². The molecule has 0 unspecified atom stereocenters. The van der Waals surface area contributed by atoms with Crippen molar-refractivity contribution in [1.29, 1.82) is 0 Å². The first-order valence-corrected chi connectivity index (χ1v) is 6.09. The molecule has 0 aliphatic heterocycles. The van der Waals surface area contributed by atoms with Gasteiger partial charge >= 0.3 is 84.5 Å². The summed E-state index contributed by atoms with van der Waals surface area (Å²) >= 11 is 1.18. The Labute approximate surface area is 108 Å². The van der Waals surface area contributed by atoms with Gasteiger partial charge in [0.05, 0.1) is 0 Å². The maximum absolute atomic E-state index is 12.1. The molecule has 0 aromatic heterocycles. The van der Waals surface area contributed by atoms with Crippen LogP contribution in [0.2, 0.25) is 5.02 Å². The molecule has 1 aromatic carbocycles. The molecule has 0 nitrogen and oxygen atoms in total. The van der Waals surface area contributed by atoms with Crippen molar-refractivity contribution in [2.45, 2.75) is 17.6 Å². The molecule has 0 radical (unpaired) electrons. The Bertz CT molecular complexity index is 268. The zero-order valence-electron chi connectivity index (χ0n) is 7.44. The second kappa shape index (κ2) is 6.06. The van der Waals surface area contributed by atoms with Crippen LogP contribution in [0.25, 0.3) is 0 Å². The Hall–Kier alpha value is 0.363. The number of benzene rings is 1. The third-order valence-corrected chi connectivity index (χ3v) is 2.49. The molecule has 1 aromatic rings. The van der Waals surface area contributed by atoms with Crippen LogP contribution in [-0.2, 0) is 30.9 Å². The quantitative estimate of drug-likeness (QED) is 0.520. The fraction of sp³-hybridized carbons (Fsp3) is 0.333. The van der Waals surface area contributed by atoms with E-state index in [2.05, 4.69) is 0 Å². The van der Waals surface area contributed by atoms with Gasteiger partial charge in [0.2, 0.25) is 0 Å². The van der Waals surface area contributed by atoms with E-state index in [0.29, 0.717) is 0 Å². The Morgan fingerprint density at radius 1 is 1.07 bits per heavy atom. The van der Waals surface area contributed by atoms with Gasteiger partial charge in [-0.15, -0.1) is 0 Å². The van der Waals surface area contributed by atoms with Crippen molar-refractivity contribution in [3.63, 3.8) is 0 Å². The number of hydrogen-bond acceptors (Lipinski definition) is 0. The van der Waals surface area contributed by atoms with Gasteiger partial charge in [-0.3, -0.25) is 0 Å². The molecular weight excluding hydrogens is 357 g/mol. The molecule has 5 heteroatoms. The maximum Gasteiger partial charge on any atom is -1.00 e. The average Bonchev–Trinajstić information content (AvgIpc) is 2.04. The average molecular weight is 365 g/mol. The number of hydrogen-bond donors (Lipinski definition) is 0. The second-order valence-corrected chi connectivity index (χ2v) is 4.28. The first-order valence-electron chi connectivity index (χ1n) is 3.99. The molecule has 0 amide bonds. The zero-order valence-corrected chi connectivity index (χ0v) is 12.6. The summed E-state index contributed by atoms with van der Waals surface area (Å²) in [5.41, 5.74) is 0.419. The molecule has 14 heavy (non-hydrogen) atoms. The minimum absolute atomic E-state index is 0. The normalized spacial score (nSPS) is 10.9. The third-order valence-electron chi connectivity index (χ3n) is 1.75. The standard InChI is InChI=1S/C9H8F3.HI.Zn/c1-2-7-3-5-8(6-4-7)9(10,11)12;;/h3-6H,1-2H2;1H;/q;;+1/p-1. The van der Waals surface area contributed by atoms with Gasteiger partial charge in [0.1, 0.15) is 0 Å². The first-order chi connectivity index (χ1) is 6.04. The van der Waals surface area contributed by atoms with E-state index in [1.165, 1.54) is 18.3 Å². The van der Waals surface area contributed by atoms with Crippen molar-refractivity contribution >= 4 is 0 Å². The topological polar surface area (TPSA) is 0 Å². The zero-order chi connectivity index (χ0) is 9.90. The van der Waals surface area contributed by atoms with E-state index in [1.54, 1.807) is 12.1 Å². The summed E-state index contributed by atoms with van der Waals surface area (Å²) in [5.74, 6) is 0. The van der Waals surface area contributed by atoms with E-state index in [0.717, 1.165) is 29.1 Å². The molecule has 0 heterocycles. The molecule has 0 fully saturated rings. The van der Waals surface area contributed by atoms with Crippen LogP contribution in [0.5, 0.6) is 0 Å². The summed E-state index contributed by atoms with van der Waals surface area (Å²) < 4.78 is 36.3. The SMILES string of the molecule is FC(F)(F)c1ccc(C[CH2][Zn+])cc1.[I-].